The molecule has 0 aliphatic heterocycles. The van der Waals surface area contributed by atoms with Gasteiger partial charge in [-0.1, -0.05) is 44.2 Å². The molecule has 8 nitrogen and oxygen atoms in total. The summed E-state index contributed by atoms with van der Waals surface area (Å²) in [7, 11) is -2.34. The quantitative estimate of drug-likeness (QED) is 0.552. The number of hydrogen-bond acceptors (Lipinski definition) is 6. The Kier molecular flexibility index (Phi) is 8.37. The fraction of sp³-hybridized carbons (Fsp3) is 0.333. The summed E-state index contributed by atoms with van der Waals surface area (Å²) in [4.78, 5) is 24.4. The summed E-state index contributed by atoms with van der Waals surface area (Å²) in [6.45, 7) is 3.12. The molecule has 0 radical (unpaired) electrons. The van der Waals surface area contributed by atoms with E-state index in [1.807, 2.05) is 0 Å². The molecule has 0 bridgehead atoms. The number of carbonyl (C=O) groups is 2. The predicted molar refractivity (Wildman–Crippen MR) is 111 cm³/mol. The molecule has 0 aliphatic rings. The van der Waals surface area contributed by atoms with Crippen molar-refractivity contribution in [2.75, 3.05) is 13.7 Å². The lowest BCUT2D eigenvalue weighted by atomic mass is 10.1. The number of ether oxygens (including phenoxy) is 2. The summed E-state index contributed by atoms with van der Waals surface area (Å²) in [6.07, 6.45) is 0. The van der Waals surface area contributed by atoms with Gasteiger partial charge in [-0.2, -0.15) is 4.72 Å². The normalized spacial score (nSPS) is 12.3. The van der Waals surface area contributed by atoms with Gasteiger partial charge in [0.05, 0.1) is 12.0 Å². The highest BCUT2D eigenvalue weighted by Gasteiger charge is 2.30. The summed E-state index contributed by atoms with van der Waals surface area (Å²) in [5.74, 6) is -0.980. The maximum Gasteiger partial charge on any atom is 0.324 e. The minimum absolute atomic E-state index is 0.0423. The third-order valence-electron chi connectivity index (χ3n) is 4.25. The van der Waals surface area contributed by atoms with Crippen molar-refractivity contribution in [3.8, 4) is 5.75 Å². The summed E-state index contributed by atoms with van der Waals surface area (Å²) in [6, 6.07) is 13.8. The van der Waals surface area contributed by atoms with Gasteiger partial charge in [0.15, 0.2) is 6.61 Å². The second-order valence-electron chi connectivity index (χ2n) is 6.89. The molecule has 1 atom stereocenters. The van der Waals surface area contributed by atoms with E-state index in [2.05, 4.69) is 10.0 Å². The lowest BCUT2D eigenvalue weighted by molar-refractivity contribution is -0.151. The highest BCUT2D eigenvalue weighted by atomic mass is 32.2. The maximum absolute atomic E-state index is 12.5. The summed E-state index contributed by atoms with van der Waals surface area (Å²) >= 11 is 0. The Hall–Kier alpha value is -2.91. The Labute approximate surface area is 176 Å². The van der Waals surface area contributed by atoms with E-state index in [4.69, 9.17) is 9.47 Å². The molecule has 0 spiro atoms. The van der Waals surface area contributed by atoms with Crippen LogP contribution in [0.4, 0.5) is 0 Å². The number of amides is 1. The van der Waals surface area contributed by atoms with Crippen molar-refractivity contribution in [1.82, 2.24) is 10.0 Å². The number of sulfonamides is 1. The van der Waals surface area contributed by atoms with E-state index >= 15 is 0 Å². The minimum Gasteiger partial charge on any atom is -0.497 e. The van der Waals surface area contributed by atoms with Crippen molar-refractivity contribution in [1.29, 1.82) is 0 Å². The first-order valence-corrected chi connectivity index (χ1v) is 10.8. The molecular weight excluding hydrogens is 408 g/mol. The number of esters is 1. The van der Waals surface area contributed by atoms with Crippen LogP contribution >= 0.6 is 0 Å². The largest absolute Gasteiger partial charge is 0.497 e. The Balaban J connectivity index is 1.89. The van der Waals surface area contributed by atoms with Gasteiger partial charge in [0.2, 0.25) is 10.0 Å². The minimum atomic E-state index is -3.90. The lowest BCUT2D eigenvalue weighted by Crippen LogP contribution is -2.46. The molecule has 0 heterocycles. The molecule has 0 aromatic heterocycles. The van der Waals surface area contributed by atoms with Crippen LogP contribution in [0.3, 0.4) is 0 Å². The maximum atomic E-state index is 12.5. The molecule has 0 unspecified atom stereocenters. The van der Waals surface area contributed by atoms with Gasteiger partial charge in [-0.15, -0.1) is 0 Å². The van der Waals surface area contributed by atoms with Crippen LogP contribution in [0.15, 0.2) is 59.5 Å². The molecule has 2 rings (SSSR count). The summed E-state index contributed by atoms with van der Waals surface area (Å²) in [5.41, 5.74) is 0.853. The van der Waals surface area contributed by atoms with E-state index in [9.17, 15) is 18.0 Å². The van der Waals surface area contributed by atoms with Crippen molar-refractivity contribution in [3.05, 3.63) is 60.2 Å². The SMILES string of the molecule is COc1ccc(CNC(=O)COC(=O)[C@@H](NS(=O)(=O)c2ccccc2)C(C)C)cc1. The Morgan fingerprint density at radius 3 is 2.20 bits per heavy atom. The van der Waals surface area contributed by atoms with E-state index < -0.39 is 34.5 Å². The number of carbonyl (C=O) groups excluding carboxylic acids is 2. The topological polar surface area (TPSA) is 111 Å². The van der Waals surface area contributed by atoms with Gasteiger partial charge in [-0.25, -0.2) is 8.42 Å². The first kappa shape index (κ1) is 23.4. The van der Waals surface area contributed by atoms with Gasteiger partial charge >= 0.3 is 5.97 Å². The molecule has 2 aromatic carbocycles. The Morgan fingerprint density at radius 1 is 1.00 bits per heavy atom. The first-order valence-electron chi connectivity index (χ1n) is 9.36. The Morgan fingerprint density at radius 2 is 1.63 bits per heavy atom. The molecule has 0 saturated carbocycles. The van der Waals surface area contributed by atoms with Crippen molar-refractivity contribution in [3.63, 3.8) is 0 Å². The first-order chi connectivity index (χ1) is 14.2. The number of hydrogen-bond donors (Lipinski definition) is 2. The molecule has 0 aliphatic carbocycles. The monoisotopic (exact) mass is 434 g/mol. The van der Waals surface area contributed by atoms with Crippen molar-refractivity contribution in [2.45, 2.75) is 31.3 Å². The van der Waals surface area contributed by atoms with E-state index in [0.29, 0.717) is 5.75 Å². The molecule has 2 aromatic rings. The summed E-state index contributed by atoms with van der Waals surface area (Å²) < 4.78 is 37.4. The highest BCUT2D eigenvalue weighted by molar-refractivity contribution is 7.89. The zero-order valence-corrected chi connectivity index (χ0v) is 17.9. The van der Waals surface area contributed by atoms with Crippen LogP contribution in [0.1, 0.15) is 19.4 Å². The van der Waals surface area contributed by atoms with E-state index in [1.165, 1.54) is 12.1 Å². The van der Waals surface area contributed by atoms with Crippen LogP contribution in [0.2, 0.25) is 0 Å². The third kappa shape index (κ3) is 6.85. The van der Waals surface area contributed by atoms with Crippen molar-refractivity contribution < 1.29 is 27.5 Å². The third-order valence-corrected chi connectivity index (χ3v) is 5.71. The number of nitrogens with one attached hydrogen (secondary N) is 2. The van der Waals surface area contributed by atoms with Crippen LogP contribution in [0.5, 0.6) is 5.75 Å². The zero-order valence-electron chi connectivity index (χ0n) is 17.1. The van der Waals surface area contributed by atoms with Crippen LogP contribution < -0.4 is 14.8 Å². The van der Waals surface area contributed by atoms with Gasteiger partial charge in [0.25, 0.3) is 5.91 Å². The molecule has 162 valence electrons. The molecule has 1 amide bonds. The fourth-order valence-corrected chi connectivity index (χ4v) is 3.87. The van der Waals surface area contributed by atoms with Gasteiger partial charge in [-0.05, 0) is 35.7 Å². The smallest absolute Gasteiger partial charge is 0.324 e. The van der Waals surface area contributed by atoms with E-state index in [-0.39, 0.29) is 17.4 Å². The fourth-order valence-electron chi connectivity index (χ4n) is 2.51. The molecule has 9 heteroatoms. The molecular formula is C21H26N2O6S. The van der Waals surface area contributed by atoms with E-state index in [0.717, 1.165) is 5.56 Å². The predicted octanol–water partition coefficient (Wildman–Crippen LogP) is 1.86. The van der Waals surface area contributed by atoms with Crippen molar-refractivity contribution in [2.24, 2.45) is 5.92 Å². The van der Waals surface area contributed by atoms with Gasteiger partial charge in [-0.3, -0.25) is 9.59 Å². The van der Waals surface area contributed by atoms with Crippen LogP contribution in [0.25, 0.3) is 0 Å². The standard InChI is InChI=1S/C21H26N2O6S/c1-15(2)20(23-30(26,27)18-7-5-4-6-8-18)21(25)29-14-19(24)22-13-16-9-11-17(28-3)12-10-16/h4-12,15,20,23H,13-14H2,1-3H3,(H,22,24)/t20-/m0/s1. The van der Waals surface area contributed by atoms with E-state index in [1.54, 1.807) is 63.4 Å². The molecule has 2 N–H and O–H groups in total. The van der Waals surface area contributed by atoms with Crippen LogP contribution in [0, 0.1) is 5.92 Å². The van der Waals surface area contributed by atoms with Gasteiger partial charge < -0.3 is 14.8 Å². The average Bonchev–Trinajstić information content (AvgIpc) is 2.75. The van der Waals surface area contributed by atoms with Crippen molar-refractivity contribution >= 4 is 21.9 Å². The Bertz CT molecular complexity index is 943. The molecule has 0 fully saturated rings. The number of benzene rings is 2. The average molecular weight is 435 g/mol. The number of methoxy groups -OCH3 is 1. The second-order valence-corrected chi connectivity index (χ2v) is 8.60. The second kappa shape index (κ2) is 10.7. The summed E-state index contributed by atoms with van der Waals surface area (Å²) in [5, 5.41) is 2.64. The van der Waals surface area contributed by atoms with Gasteiger partial charge in [0.1, 0.15) is 11.8 Å². The lowest BCUT2D eigenvalue weighted by Gasteiger charge is -2.20. The zero-order chi connectivity index (χ0) is 22.1. The van der Waals surface area contributed by atoms with Crippen LogP contribution in [-0.2, 0) is 30.9 Å². The molecule has 0 saturated heterocycles. The highest BCUT2D eigenvalue weighted by Crippen LogP contribution is 2.13. The number of rotatable bonds is 10. The molecule has 30 heavy (non-hydrogen) atoms. The van der Waals surface area contributed by atoms with Gasteiger partial charge in [0, 0.05) is 6.54 Å². The van der Waals surface area contributed by atoms with Crippen LogP contribution in [-0.4, -0.2) is 40.1 Å².